The average molecular weight is 382 g/mol. The molecule has 0 saturated heterocycles. The SMILES string of the molecule is Cc1nn(-c2cccc(Cl)c2)c2c1C(C(=O)c1ccc(O)cc1)CC(=O)N2. The van der Waals surface area contributed by atoms with Gasteiger partial charge in [0.15, 0.2) is 5.78 Å². The lowest BCUT2D eigenvalue weighted by Gasteiger charge is -2.23. The van der Waals surface area contributed by atoms with Gasteiger partial charge in [-0.25, -0.2) is 4.68 Å². The predicted molar refractivity (Wildman–Crippen MR) is 102 cm³/mol. The highest BCUT2D eigenvalue weighted by Crippen LogP contribution is 2.38. The summed E-state index contributed by atoms with van der Waals surface area (Å²) < 4.78 is 1.60. The number of hydrogen-bond donors (Lipinski definition) is 2. The monoisotopic (exact) mass is 381 g/mol. The summed E-state index contributed by atoms with van der Waals surface area (Å²) in [7, 11) is 0. The number of phenolic OH excluding ortho intramolecular Hbond substituents is 1. The van der Waals surface area contributed by atoms with Crippen molar-refractivity contribution in [3.05, 3.63) is 70.4 Å². The van der Waals surface area contributed by atoms with E-state index in [-0.39, 0.29) is 23.9 Å². The first-order chi connectivity index (χ1) is 12.9. The van der Waals surface area contributed by atoms with Crippen LogP contribution >= 0.6 is 11.6 Å². The number of nitrogens with zero attached hydrogens (tertiary/aromatic N) is 2. The van der Waals surface area contributed by atoms with Gasteiger partial charge in [0, 0.05) is 22.6 Å². The number of anilines is 1. The van der Waals surface area contributed by atoms with Crippen molar-refractivity contribution in [3.63, 3.8) is 0 Å². The van der Waals surface area contributed by atoms with Crippen LogP contribution in [0.25, 0.3) is 5.69 Å². The zero-order valence-corrected chi connectivity index (χ0v) is 15.2. The topological polar surface area (TPSA) is 84.2 Å². The van der Waals surface area contributed by atoms with Crippen molar-refractivity contribution in [3.8, 4) is 11.4 Å². The number of nitrogens with one attached hydrogen (secondary N) is 1. The molecule has 7 heteroatoms. The summed E-state index contributed by atoms with van der Waals surface area (Å²) in [5, 5.41) is 17.4. The molecule has 27 heavy (non-hydrogen) atoms. The second kappa shape index (κ2) is 6.55. The fourth-order valence-corrected chi connectivity index (χ4v) is 3.58. The molecule has 0 aliphatic carbocycles. The zero-order chi connectivity index (χ0) is 19.1. The molecule has 1 aliphatic heterocycles. The minimum Gasteiger partial charge on any atom is -0.508 e. The number of benzene rings is 2. The Labute approximate surface area is 160 Å². The van der Waals surface area contributed by atoms with Crippen LogP contribution in [0.15, 0.2) is 48.5 Å². The van der Waals surface area contributed by atoms with Crippen molar-refractivity contribution in [2.24, 2.45) is 0 Å². The third-order valence-electron chi connectivity index (χ3n) is 4.62. The Morgan fingerprint density at radius 2 is 2.00 bits per heavy atom. The van der Waals surface area contributed by atoms with Crippen LogP contribution in [-0.2, 0) is 4.79 Å². The fourth-order valence-electron chi connectivity index (χ4n) is 3.39. The van der Waals surface area contributed by atoms with Gasteiger partial charge in [0.1, 0.15) is 11.6 Å². The van der Waals surface area contributed by atoms with Crippen LogP contribution in [0.5, 0.6) is 5.75 Å². The van der Waals surface area contributed by atoms with Crippen LogP contribution in [0.1, 0.15) is 34.0 Å². The molecular formula is C20H16ClN3O3. The minimum absolute atomic E-state index is 0.0504. The summed E-state index contributed by atoms with van der Waals surface area (Å²) >= 11 is 6.08. The van der Waals surface area contributed by atoms with Crippen LogP contribution in [0.3, 0.4) is 0 Å². The van der Waals surface area contributed by atoms with E-state index in [1.165, 1.54) is 12.1 Å². The Morgan fingerprint density at radius 1 is 1.26 bits per heavy atom. The van der Waals surface area contributed by atoms with E-state index in [2.05, 4.69) is 10.4 Å². The van der Waals surface area contributed by atoms with E-state index in [9.17, 15) is 14.7 Å². The van der Waals surface area contributed by atoms with E-state index < -0.39 is 5.92 Å². The van der Waals surface area contributed by atoms with Gasteiger partial charge in [0.25, 0.3) is 0 Å². The van der Waals surface area contributed by atoms with Crippen LogP contribution in [0.4, 0.5) is 5.82 Å². The highest BCUT2D eigenvalue weighted by Gasteiger charge is 2.36. The lowest BCUT2D eigenvalue weighted by atomic mass is 9.85. The molecule has 2 heterocycles. The molecule has 1 amide bonds. The first kappa shape index (κ1) is 17.3. The molecule has 1 atom stereocenters. The Balaban J connectivity index is 1.82. The molecule has 1 unspecified atom stereocenters. The van der Waals surface area contributed by atoms with Gasteiger partial charge in [-0.1, -0.05) is 17.7 Å². The number of Topliss-reactive ketones (excluding diaryl/α,β-unsaturated/α-hetero) is 1. The van der Waals surface area contributed by atoms with Crippen LogP contribution in [0, 0.1) is 6.92 Å². The third-order valence-corrected chi connectivity index (χ3v) is 4.86. The van der Waals surface area contributed by atoms with Gasteiger partial charge in [-0.2, -0.15) is 5.10 Å². The van der Waals surface area contributed by atoms with Crippen molar-refractivity contribution < 1.29 is 14.7 Å². The molecule has 0 spiro atoms. The lowest BCUT2D eigenvalue weighted by Crippen LogP contribution is -2.28. The van der Waals surface area contributed by atoms with Crippen molar-refractivity contribution in [1.29, 1.82) is 0 Å². The normalized spacial score (nSPS) is 15.9. The van der Waals surface area contributed by atoms with Crippen molar-refractivity contribution in [2.45, 2.75) is 19.3 Å². The Hall–Kier alpha value is -3.12. The van der Waals surface area contributed by atoms with Gasteiger partial charge in [-0.15, -0.1) is 0 Å². The third kappa shape index (κ3) is 3.08. The highest BCUT2D eigenvalue weighted by molar-refractivity contribution is 6.30. The Bertz CT molecular complexity index is 1060. The van der Waals surface area contributed by atoms with Crippen LogP contribution < -0.4 is 5.32 Å². The van der Waals surface area contributed by atoms with E-state index >= 15 is 0 Å². The molecule has 1 aliphatic rings. The van der Waals surface area contributed by atoms with Gasteiger partial charge in [0.05, 0.1) is 17.3 Å². The number of aromatic hydroxyl groups is 1. The molecule has 0 fully saturated rings. The Kier molecular flexibility index (Phi) is 4.20. The van der Waals surface area contributed by atoms with E-state index in [1.807, 2.05) is 13.0 Å². The number of aryl methyl sites for hydroxylation is 1. The molecule has 2 N–H and O–H groups in total. The summed E-state index contributed by atoms with van der Waals surface area (Å²) in [4.78, 5) is 25.4. The zero-order valence-electron chi connectivity index (χ0n) is 14.4. The van der Waals surface area contributed by atoms with E-state index in [1.54, 1.807) is 35.0 Å². The Morgan fingerprint density at radius 3 is 2.70 bits per heavy atom. The number of carbonyl (C=O) groups excluding carboxylic acids is 2. The average Bonchev–Trinajstić information content (AvgIpc) is 2.97. The number of rotatable bonds is 3. The molecule has 136 valence electrons. The molecular weight excluding hydrogens is 366 g/mol. The molecule has 3 aromatic rings. The van der Waals surface area contributed by atoms with Gasteiger partial charge < -0.3 is 10.4 Å². The van der Waals surface area contributed by atoms with E-state index in [0.717, 1.165) is 0 Å². The number of fused-ring (bicyclic) bond motifs is 1. The summed E-state index contributed by atoms with van der Waals surface area (Å²) in [5.41, 5.74) is 2.51. The largest absolute Gasteiger partial charge is 0.508 e. The van der Waals surface area contributed by atoms with E-state index in [4.69, 9.17) is 11.6 Å². The number of ketones is 1. The molecule has 2 aromatic carbocycles. The second-order valence-corrected chi connectivity index (χ2v) is 6.89. The van der Waals surface area contributed by atoms with Crippen molar-refractivity contribution >= 4 is 29.1 Å². The summed E-state index contributed by atoms with van der Waals surface area (Å²) in [6.45, 7) is 1.81. The highest BCUT2D eigenvalue weighted by atomic mass is 35.5. The summed E-state index contributed by atoms with van der Waals surface area (Å²) in [5.74, 6) is -0.490. The maximum atomic E-state index is 13.1. The van der Waals surface area contributed by atoms with Crippen molar-refractivity contribution in [1.82, 2.24) is 9.78 Å². The summed E-state index contributed by atoms with van der Waals surface area (Å²) in [6.07, 6.45) is 0.0504. The maximum absolute atomic E-state index is 13.1. The van der Waals surface area contributed by atoms with Gasteiger partial charge in [-0.05, 0) is 49.4 Å². The van der Waals surface area contributed by atoms with Gasteiger partial charge in [-0.3, -0.25) is 9.59 Å². The second-order valence-electron chi connectivity index (χ2n) is 6.46. The molecule has 6 nitrogen and oxygen atoms in total. The van der Waals surface area contributed by atoms with Crippen LogP contribution in [-0.4, -0.2) is 26.6 Å². The molecule has 0 bridgehead atoms. The number of amides is 1. The quantitative estimate of drug-likeness (QED) is 0.675. The lowest BCUT2D eigenvalue weighted by molar-refractivity contribution is -0.116. The standard InChI is InChI=1S/C20H16ClN3O3/c1-11-18-16(19(27)12-5-7-15(25)8-6-12)10-17(26)22-20(18)24(23-11)14-4-2-3-13(21)9-14/h2-9,16,25H,10H2,1H3,(H,22,26). The fraction of sp³-hybridized carbons (Fsp3) is 0.150. The number of hydrogen-bond acceptors (Lipinski definition) is 4. The first-order valence-corrected chi connectivity index (χ1v) is 8.80. The van der Waals surface area contributed by atoms with Crippen molar-refractivity contribution in [2.75, 3.05) is 5.32 Å². The molecule has 0 saturated carbocycles. The molecule has 1 aromatic heterocycles. The van der Waals surface area contributed by atoms with Gasteiger partial charge >= 0.3 is 0 Å². The smallest absolute Gasteiger partial charge is 0.226 e. The number of carbonyl (C=O) groups is 2. The molecule has 4 rings (SSSR count). The summed E-state index contributed by atoms with van der Waals surface area (Å²) in [6, 6.07) is 13.1. The van der Waals surface area contributed by atoms with Gasteiger partial charge in [0.2, 0.25) is 5.91 Å². The number of aromatic nitrogens is 2. The first-order valence-electron chi connectivity index (χ1n) is 8.42. The molecule has 0 radical (unpaired) electrons. The van der Waals surface area contributed by atoms with Crippen LogP contribution in [0.2, 0.25) is 5.02 Å². The number of halogens is 1. The minimum atomic E-state index is -0.633. The maximum Gasteiger partial charge on any atom is 0.226 e. The predicted octanol–water partition coefficient (Wildman–Crippen LogP) is 3.85. The van der Waals surface area contributed by atoms with E-state index in [0.29, 0.717) is 33.3 Å². The number of phenols is 1.